The Morgan fingerprint density at radius 1 is 1.00 bits per heavy atom. The second-order valence-electron chi connectivity index (χ2n) is 6.94. The van der Waals surface area contributed by atoms with Gasteiger partial charge in [0.1, 0.15) is 0 Å². The molecule has 0 unspecified atom stereocenters. The first-order chi connectivity index (χ1) is 15.6. The van der Waals surface area contributed by atoms with Gasteiger partial charge in [-0.3, -0.25) is 4.79 Å². The fourth-order valence-electron chi connectivity index (χ4n) is 3.18. The highest BCUT2D eigenvalue weighted by molar-refractivity contribution is 7.21. The minimum absolute atomic E-state index is 0.188. The maximum absolute atomic E-state index is 12.7. The van der Waals surface area contributed by atoms with Gasteiger partial charge in [0.2, 0.25) is 0 Å². The smallest absolute Gasteiger partial charge is 0.255 e. The van der Waals surface area contributed by atoms with Crippen LogP contribution in [0.25, 0.3) is 9.75 Å². The Morgan fingerprint density at radius 2 is 1.78 bits per heavy atom. The first-order valence-electron chi connectivity index (χ1n) is 9.86. The fourth-order valence-corrected chi connectivity index (χ4v) is 4.99. The Bertz CT molecular complexity index is 1200. The van der Waals surface area contributed by atoms with Crippen molar-refractivity contribution in [2.75, 3.05) is 30.6 Å². The summed E-state index contributed by atoms with van der Waals surface area (Å²) >= 11 is 3.15. The topological polar surface area (TPSA) is 85.6 Å². The number of nitrogens with two attached hydrogens (primary N) is 1. The molecule has 0 spiro atoms. The number of hydrogen-bond donors (Lipinski definition) is 3. The molecule has 8 heteroatoms. The molecule has 4 rings (SSSR count). The highest BCUT2D eigenvalue weighted by Gasteiger charge is 2.14. The van der Waals surface area contributed by atoms with E-state index in [9.17, 15) is 4.79 Å². The third-order valence-electron chi connectivity index (χ3n) is 4.92. The zero-order valence-electron chi connectivity index (χ0n) is 17.7. The first kappa shape index (κ1) is 21.7. The molecular formula is C24H23N3O3S2. The SMILES string of the molecule is COc1ccc(NCc2ccc(C(=O)Nc3csc(-c4cccs4)c3N)cc2)cc1OC. The van der Waals surface area contributed by atoms with E-state index >= 15 is 0 Å². The van der Waals surface area contributed by atoms with Crippen molar-refractivity contribution in [3.63, 3.8) is 0 Å². The third-order valence-corrected chi connectivity index (χ3v) is 6.96. The Morgan fingerprint density at radius 3 is 2.47 bits per heavy atom. The monoisotopic (exact) mass is 465 g/mol. The van der Waals surface area contributed by atoms with E-state index in [0.717, 1.165) is 21.0 Å². The molecule has 0 bridgehead atoms. The summed E-state index contributed by atoms with van der Waals surface area (Å²) in [5, 5.41) is 10.2. The normalized spacial score (nSPS) is 10.6. The molecular weight excluding hydrogens is 442 g/mol. The highest BCUT2D eigenvalue weighted by atomic mass is 32.1. The molecule has 32 heavy (non-hydrogen) atoms. The van der Waals surface area contributed by atoms with E-state index in [4.69, 9.17) is 15.2 Å². The van der Waals surface area contributed by atoms with Crippen molar-refractivity contribution in [2.24, 2.45) is 0 Å². The van der Waals surface area contributed by atoms with Crippen LogP contribution in [0.1, 0.15) is 15.9 Å². The van der Waals surface area contributed by atoms with E-state index < -0.39 is 0 Å². The van der Waals surface area contributed by atoms with Gasteiger partial charge in [-0.25, -0.2) is 0 Å². The molecule has 2 aromatic heterocycles. The summed E-state index contributed by atoms with van der Waals surface area (Å²) in [6, 6.07) is 17.1. The summed E-state index contributed by atoms with van der Waals surface area (Å²) in [4.78, 5) is 14.8. The molecule has 0 aliphatic rings. The molecule has 0 aliphatic heterocycles. The van der Waals surface area contributed by atoms with E-state index in [0.29, 0.717) is 35.0 Å². The van der Waals surface area contributed by atoms with Gasteiger partial charge in [0.05, 0.1) is 30.5 Å². The second-order valence-corrected chi connectivity index (χ2v) is 8.77. The van der Waals surface area contributed by atoms with Crippen molar-refractivity contribution in [1.82, 2.24) is 0 Å². The lowest BCUT2D eigenvalue weighted by atomic mass is 10.1. The molecule has 0 radical (unpaired) electrons. The first-order valence-corrected chi connectivity index (χ1v) is 11.6. The minimum atomic E-state index is -0.188. The summed E-state index contributed by atoms with van der Waals surface area (Å²) in [6.45, 7) is 0.610. The van der Waals surface area contributed by atoms with Gasteiger partial charge in [-0.05, 0) is 41.3 Å². The van der Waals surface area contributed by atoms with Crippen LogP contribution in [-0.2, 0) is 6.54 Å². The Labute approximate surface area is 194 Å². The van der Waals surface area contributed by atoms with Crippen LogP contribution >= 0.6 is 22.7 Å². The Balaban J connectivity index is 1.38. The molecule has 0 atom stereocenters. The fraction of sp³-hybridized carbons (Fsp3) is 0.125. The van der Waals surface area contributed by atoms with Gasteiger partial charge in [0.15, 0.2) is 11.5 Å². The van der Waals surface area contributed by atoms with Gasteiger partial charge in [0, 0.05) is 34.1 Å². The van der Waals surface area contributed by atoms with Crippen molar-refractivity contribution in [1.29, 1.82) is 0 Å². The van der Waals surface area contributed by atoms with Crippen LogP contribution < -0.4 is 25.8 Å². The Hall–Kier alpha value is -3.49. The van der Waals surface area contributed by atoms with Gasteiger partial charge >= 0.3 is 0 Å². The number of amides is 1. The van der Waals surface area contributed by atoms with E-state index in [2.05, 4.69) is 10.6 Å². The maximum atomic E-state index is 12.7. The average molecular weight is 466 g/mol. The molecule has 1 amide bonds. The molecule has 0 aliphatic carbocycles. The molecule has 2 heterocycles. The summed E-state index contributed by atoms with van der Waals surface area (Å²) in [6.07, 6.45) is 0. The number of benzene rings is 2. The quantitative estimate of drug-likeness (QED) is 0.300. The number of ether oxygens (including phenoxy) is 2. The number of thiophene rings is 2. The zero-order chi connectivity index (χ0) is 22.5. The zero-order valence-corrected chi connectivity index (χ0v) is 19.3. The molecule has 0 fully saturated rings. The van der Waals surface area contributed by atoms with Crippen LogP contribution in [0.5, 0.6) is 11.5 Å². The van der Waals surface area contributed by atoms with Crippen LogP contribution in [0.3, 0.4) is 0 Å². The second kappa shape index (κ2) is 9.76. The molecule has 0 saturated heterocycles. The van der Waals surface area contributed by atoms with Crippen LogP contribution in [0.4, 0.5) is 17.1 Å². The Kier molecular flexibility index (Phi) is 6.63. The van der Waals surface area contributed by atoms with E-state index in [1.54, 1.807) is 25.6 Å². The summed E-state index contributed by atoms with van der Waals surface area (Å²) in [7, 11) is 3.22. The molecule has 2 aromatic carbocycles. The highest BCUT2D eigenvalue weighted by Crippen LogP contribution is 2.40. The minimum Gasteiger partial charge on any atom is -0.493 e. The summed E-state index contributed by atoms with van der Waals surface area (Å²) in [5.74, 6) is 1.16. The van der Waals surface area contributed by atoms with Crippen LogP contribution in [-0.4, -0.2) is 20.1 Å². The number of methoxy groups -OCH3 is 2. The molecule has 4 N–H and O–H groups in total. The van der Waals surface area contributed by atoms with Gasteiger partial charge < -0.3 is 25.8 Å². The summed E-state index contributed by atoms with van der Waals surface area (Å²) in [5.41, 5.74) is 10.0. The van der Waals surface area contributed by atoms with Gasteiger partial charge in [-0.15, -0.1) is 22.7 Å². The largest absolute Gasteiger partial charge is 0.493 e. The van der Waals surface area contributed by atoms with Crippen molar-refractivity contribution in [3.8, 4) is 21.3 Å². The van der Waals surface area contributed by atoms with Crippen LogP contribution in [0, 0.1) is 0 Å². The summed E-state index contributed by atoms with van der Waals surface area (Å²) < 4.78 is 10.6. The number of rotatable bonds is 8. The number of hydrogen-bond acceptors (Lipinski definition) is 7. The maximum Gasteiger partial charge on any atom is 0.255 e. The number of carbonyl (C=O) groups excluding carboxylic acids is 1. The van der Waals surface area contributed by atoms with E-state index in [1.165, 1.54) is 11.3 Å². The lowest BCUT2D eigenvalue weighted by Gasteiger charge is -2.11. The predicted molar refractivity (Wildman–Crippen MR) is 133 cm³/mol. The molecule has 4 aromatic rings. The van der Waals surface area contributed by atoms with E-state index in [1.807, 2.05) is 65.4 Å². The number of anilines is 3. The van der Waals surface area contributed by atoms with Crippen molar-refractivity contribution < 1.29 is 14.3 Å². The lowest BCUT2D eigenvalue weighted by molar-refractivity contribution is 0.102. The molecule has 0 saturated carbocycles. The average Bonchev–Trinajstić information content (AvgIpc) is 3.48. The standard InChI is InChI=1S/C24H23N3O3S2/c1-29-19-10-9-17(12-20(19)30-2)26-13-15-5-7-16(8-6-15)24(28)27-18-14-32-23(22(18)25)21-4-3-11-31-21/h3-12,14,26H,13,25H2,1-2H3,(H,27,28). The van der Waals surface area contributed by atoms with Crippen molar-refractivity contribution in [3.05, 3.63) is 76.5 Å². The van der Waals surface area contributed by atoms with Gasteiger partial charge in [0.25, 0.3) is 5.91 Å². The number of carbonyl (C=O) groups is 1. The molecule has 164 valence electrons. The number of nitrogens with one attached hydrogen (secondary N) is 2. The van der Waals surface area contributed by atoms with Crippen molar-refractivity contribution >= 4 is 45.6 Å². The van der Waals surface area contributed by atoms with Crippen LogP contribution in [0.15, 0.2) is 65.4 Å². The van der Waals surface area contributed by atoms with Crippen molar-refractivity contribution in [2.45, 2.75) is 6.54 Å². The van der Waals surface area contributed by atoms with Crippen LogP contribution in [0.2, 0.25) is 0 Å². The van der Waals surface area contributed by atoms with Gasteiger partial charge in [-0.2, -0.15) is 0 Å². The third kappa shape index (κ3) is 4.71. The number of nitrogen functional groups attached to an aromatic ring is 1. The van der Waals surface area contributed by atoms with Gasteiger partial charge in [-0.1, -0.05) is 18.2 Å². The predicted octanol–water partition coefficient (Wildman–Crippen LogP) is 5.94. The molecule has 6 nitrogen and oxygen atoms in total. The lowest BCUT2D eigenvalue weighted by Crippen LogP contribution is -2.12. The van der Waals surface area contributed by atoms with E-state index in [-0.39, 0.29) is 5.91 Å².